The summed E-state index contributed by atoms with van der Waals surface area (Å²) < 4.78 is 15.0. The Morgan fingerprint density at radius 2 is 2.24 bits per heavy atom. The zero-order chi connectivity index (χ0) is 15.2. The van der Waals surface area contributed by atoms with Crippen molar-refractivity contribution in [2.45, 2.75) is 38.2 Å². The molecule has 0 saturated heterocycles. The molecule has 1 aromatic carbocycles. The van der Waals surface area contributed by atoms with E-state index in [1.165, 1.54) is 0 Å². The number of hydrogen-bond acceptors (Lipinski definition) is 3. The van der Waals surface area contributed by atoms with E-state index in [0.717, 1.165) is 18.4 Å². The zero-order valence-electron chi connectivity index (χ0n) is 11.6. The van der Waals surface area contributed by atoms with Crippen LogP contribution in [0.5, 0.6) is 0 Å². The van der Waals surface area contributed by atoms with Crippen LogP contribution in [-0.4, -0.2) is 22.3 Å². The Bertz CT molecular complexity index is 641. The topological polar surface area (TPSA) is 61.7 Å². The highest BCUT2D eigenvalue weighted by Gasteiger charge is 2.41. The van der Waals surface area contributed by atoms with Gasteiger partial charge in [0.2, 0.25) is 5.91 Å². The maximum Gasteiger partial charge on any atom is 0.240 e. The molecule has 2 aliphatic rings. The van der Waals surface area contributed by atoms with Crippen LogP contribution in [0.2, 0.25) is 0 Å². The van der Waals surface area contributed by atoms with Gasteiger partial charge in [0.15, 0.2) is 0 Å². The van der Waals surface area contributed by atoms with Crippen LogP contribution in [-0.2, 0) is 11.2 Å². The van der Waals surface area contributed by atoms with Gasteiger partial charge in [-0.05, 0) is 40.4 Å². The first kappa shape index (κ1) is 14.7. The summed E-state index contributed by atoms with van der Waals surface area (Å²) in [5, 5.41) is 14.0. The predicted octanol–water partition coefficient (Wildman–Crippen LogP) is 2.52. The zero-order valence-corrected chi connectivity index (χ0v) is 13.2. The number of nitrogens with zero attached hydrogens (tertiary/aromatic N) is 1. The summed E-state index contributed by atoms with van der Waals surface area (Å²) in [6, 6.07) is 3.48. The molecule has 0 bridgehead atoms. The van der Waals surface area contributed by atoms with Crippen LogP contribution in [0.4, 0.5) is 4.39 Å². The molecule has 1 aliphatic heterocycles. The summed E-state index contributed by atoms with van der Waals surface area (Å²) in [5.74, 6) is -0.671. The van der Waals surface area contributed by atoms with Crippen LogP contribution in [0.15, 0.2) is 21.7 Å². The van der Waals surface area contributed by atoms with Gasteiger partial charge in [-0.1, -0.05) is 13.0 Å². The Labute approximate surface area is 130 Å². The van der Waals surface area contributed by atoms with E-state index >= 15 is 0 Å². The molecule has 21 heavy (non-hydrogen) atoms. The van der Waals surface area contributed by atoms with Crippen molar-refractivity contribution in [3.63, 3.8) is 0 Å². The van der Waals surface area contributed by atoms with E-state index in [-0.39, 0.29) is 11.8 Å². The van der Waals surface area contributed by atoms with E-state index < -0.39 is 11.4 Å². The lowest BCUT2D eigenvalue weighted by Gasteiger charge is -2.20. The van der Waals surface area contributed by atoms with Gasteiger partial charge in [-0.25, -0.2) is 9.82 Å². The van der Waals surface area contributed by atoms with Crippen molar-refractivity contribution in [1.29, 1.82) is 0 Å². The van der Waals surface area contributed by atoms with Crippen molar-refractivity contribution in [3.05, 3.63) is 33.5 Å². The van der Waals surface area contributed by atoms with Crippen molar-refractivity contribution >= 4 is 27.5 Å². The summed E-state index contributed by atoms with van der Waals surface area (Å²) in [6.45, 7) is 1.85. The molecule has 2 N–H and O–H groups in total. The number of halogens is 2. The number of hydrogen-bond donors (Lipinski definition) is 2. The maximum absolute atomic E-state index is 14.6. The first-order valence-electron chi connectivity index (χ1n) is 6.96. The molecule has 1 heterocycles. The van der Waals surface area contributed by atoms with E-state index in [1.54, 1.807) is 6.07 Å². The Balaban J connectivity index is 1.94. The minimum atomic E-state index is -0.667. The second-order valence-corrected chi connectivity index (χ2v) is 6.73. The highest BCUT2D eigenvalue weighted by atomic mass is 79.9. The van der Waals surface area contributed by atoms with Gasteiger partial charge in [-0.3, -0.25) is 4.79 Å². The van der Waals surface area contributed by atoms with E-state index in [9.17, 15) is 14.3 Å². The molecule has 6 heteroatoms. The van der Waals surface area contributed by atoms with Crippen LogP contribution < -0.4 is 5.43 Å². The summed E-state index contributed by atoms with van der Waals surface area (Å²) in [6.07, 6.45) is 2.28. The largest absolute Gasteiger partial charge is 0.390 e. The number of nitrogens with one attached hydrogen (secondary N) is 1. The minimum absolute atomic E-state index is 0.126. The summed E-state index contributed by atoms with van der Waals surface area (Å²) >= 11 is 3.28. The summed E-state index contributed by atoms with van der Waals surface area (Å²) in [5.41, 5.74) is 3.42. The molecule has 1 unspecified atom stereocenters. The van der Waals surface area contributed by atoms with Crippen molar-refractivity contribution in [1.82, 2.24) is 5.43 Å². The SMILES string of the molecule is CC1CC(=O)NN=C1c1ccc(CC2(O)CC2)c(Br)c1F. The second kappa shape index (κ2) is 5.18. The van der Waals surface area contributed by atoms with E-state index in [0.29, 0.717) is 28.6 Å². The molecule has 1 fully saturated rings. The number of carbonyl (C=O) groups is 1. The lowest BCUT2D eigenvalue weighted by molar-refractivity contribution is -0.121. The Morgan fingerprint density at radius 1 is 1.52 bits per heavy atom. The normalized spacial score (nSPS) is 23.5. The van der Waals surface area contributed by atoms with Gasteiger partial charge in [-0.2, -0.15) is 5.10 Å². The first-order chi connectivity index (χ1) is 9.89. The third-order valence-electron chi connectivity index (χ3n) is 4.04. The fourth-order valence-corrected chi connectivity index (χ4v) is 3.06. The molecule has 0 aromatic heterocycles. The third-order valence-corrected chi connectivity index (χ3v) is 4.90. The molecule has 1 aliphatic carbocycles. The molecule has 1 atom stereocenters. The lowest BCUT2D eigenvalue weighted by Crippen LogP contribution is -2.32. The van der Waals surface area contributed by atoms with Crippen LogP contribution >= 0.6 is 15.9 Å². The number of aliphatic hydroxyl groups is 1. The van der Waals surface area contributed by atoms with Crippen molar-refractivity contribution < 1.29 is 14.3 Å². The number of carbonyl (C=O) groups excluding carboxylic acids is 1. The summed E-state index contributed by atoms with van der Waals surface area (Å²) in [7, 11) is 0. The average molecular weight is 355 g/mol. The Morgan fingerprint density at radius 3 is 2.86 bits per heavy atom. The fourth-order valence-electron chi connectivity index (χ4n) is 2.58. The quantitative estimate of drug-likeness (QED) is 0.875. The van der Waals surface area contributed by atoms with Gasteiger partial charge in [0.05, 0.1) is 15.8 Å². The average Bonchev–Trinajstić information content (AvgIpc) is 3.14. The molecule has 1 saturated carbocycles. The lowest BCUT2D eigenvalue weighted by atomic mass is 9.92. The highest BCUT2D eigenvalue weighted by molar-refractivity contribution is 9.10. The van der Waals surface area contributed by atoms with E-state index in [1.807, 2.05) is 13.0 Å². The first-order valence-corrected chi connectivity index (χ1v) is 7.75. The number of amides is 1. The molecule has 1 amide bonds. The van der Waals surface area contributed by atoms with Crippen molar-refractivity contribution in [2.24, 2.45) is 11.0 Å². The van der Waals surface area contributed by atoms with Crippen LogP contribution in [0.1, 0.15) is 37.3 Å². The van der Waals surface area contributed by atoms with Crippen molar-refractivity contribution in [3.8, 4) is 0 Å². The molecule has 112 valence electrons. The van der Waals surface area contributed by atoms with Gasteiger partial charge in [0, 0.05) is 24.3 Å². The van der Waals surface area contributed by atoms with Gasteiger partial charge >= 0.3 is 0 Å². The molecule has 3 rings (SSSR count). The minimum Gasteiger partial charge on any atom is -0.390 e. The molecule has 4 nitrogen and oxygen atoms in total. The van der Waals surface area contributed by atoms with Gasteiger partial charge < -0.3 is 5.11 Å². The molecular weight excluding hydrogens is 339 g/mol. The smallest absolute Gasteiger partial charge is 0.240 e. The monoisotopic (exact) mass is 354 g/mol. The highest BCUT2D eigenvalue weighted by Crippen LogP contribution is 2.40. The summed E-state index contributed by atoms with van der Waals surface area (Å²) in [4.78, 5) is 11.3. The molecule has 0 spiro atoms. The van der Waals surface area contributed by atoms with Gasteiger partial charge in [-0.15, -0.1) is 0 Å². The third kappa shape index (κ3) is 2.87. The van der Waals surface area contributed by atoms with Crippen LogP contribution in [0.25, 0.3) is 0 Å². The van der Waals surface area contributed by atoms with Gasteiger partial charge in [0.25, 0.3) is 0 Å². The Hall–Kier alpha value is -1.27. The number of benzene rings is 1. The van der Waals surface area contributed by atoms with Crippen LogP contribution in [0.3, 0.4) is 0 Å². The second-order valence-electron chi connectivity index (χ2n) is 5.94. The molecule has 1 aromatic rings. The van der Waals surface area contributed by atoms with Crippen molar-refractivity contribution in [2.75, 3.05) is 0 Å². The van der Waals surface area contributed by atoms with Crippen LogP contribution in [0, 0.1) is 11.7 Å². The Kier molecular flexibility index (Phi) is 3.61. The maximum atomic E-state index is 14.6. The van der Waals surface area contributed by atoms with Gasteiger partial charge in [0.1, 0.15) is 5.82 Å². The fraction of sp³-hybridized carbons (Fsp3) is 0.467. The number of rotatable bonds is 3. The predicted molar refractivity (Wildman–Crippen MR) is 80.4 cm³/mol. The van der Waals surface area contributed by atoms with E-state index in [4.69, 9.17) is 0 Å². The standard InChI is InChI=1S/C15H16BrFN2O2/c1-8-6-11(20)18-19-14(8)10-3-2-9(12(16)13(10)17)7-15(21)4-5-15/h2-3,8,21H,4-7H2,1H3,(H,18,20). The molecule has 0 radical (unpaired) electrons. The van der Waals surface area contributed by atoms with E-state index in [2.05, 4.69) is 26.5 Å². The number of hydrazone groups is 1. The molecular formula is C15H16BrFN2O2.